The molecule has 0 rings (SSSR count). The lowest BCUT2D eigenvalue weighted by Gasteiger charge is -2.18. The number of rotatable bonds is 64. The van der Waals surface area contributed by atoms with E-state index in [-0.39, 0.29) is 31.1 Å². The van der Waals surface area contributed by atoms with Gasteiger partial charge in [-0.3, -0.25) is 14.4 Å². The van der Waals surface area contributed by atoms with Crippen molar-refractivity contribution in [2.45, 2.75) is 354 Å². The largest absolute Gasteiger partial charge is 0.462 e. The van der Waals surface area contributed by atoms with Crippen molar-refractivity contribution < 1.29 is 28.6 Å². The average Bonchev–Trinajstić information content (AvgIpc) is 3.47. The quantitative estimate of drug-likeness (QED) is 0.0261. The number of unbranched alkanes of at least 4 members (excludes halogenated alkanes) is 37. The van der Waals surface area contributed by atoms with E-state index >= 15 is 0 Å². The second-order valence-electron chi connectivity index (χ2n) is 23.4. The van der Waals surface area contributed by atoms with Crippen molar-refractivity contribution in [2.24, 2.45) is 0 Å². The summed E-state index contributed by atoms with van der Waals surface area (Å²) in [7, 11) is 0. The van der Waals surface area contributed by atoms with Gasteiger partial charge in [-0.15, -0.1) is 0 Å². The van der Waals surface area contributed by atoms with E-state index in [1.54, 1.807) is 0 Å². The van der Waals surface area contributed by atoms with Crippen LogP contribution < -0.4 is 0 Å². The van der Waals surface area contributed by atoms with Crippen molar-refractivity contribution in [3.63, 3.8) is 0 Å². The lowest BCUT2D eigenvalue weighted by Crippen LogP contribution is -2.30. The van der Waals surface area contributed by atoms with Gasteiger partial charge in [0.2, 0.25) is 0 Å². The minimum Gasteiger partial charge on any atom is -0.462 e. The van der Waals surface area contributed by atoms with E-state index in [4.69, 9.17) is 14.2 Å². The van der Waals surface area contributed by atoms with Gasteiger partial charge in [0.05, 0.1) is 0 Å². The number of allylic oxidation sites excluding steroid dienone is 16. The summed E-state index contributed by atoms with van der Waals surface area (Å²) in [5.41, 5.74) is 0. The van der Waals surface area contributed by atoms with Crippen LogP contribution in [0.2, 0.25) is 0 Å². The maximum atomic E-state index is 13.0. The molecule has 0 aliphatic carbocycles. The van der Waals surface area contributed by atoms with Crippen LogP contribution in [0.5, 0.6) is 0 Å². The molecule has 82 heavy (non-hydrogen) atoms. The zero-order valence-corrected chi connectivity index (χ0v) is 54.2. The van der Waals surface area contributed by atoms with Gasteiger partial charge in [0.25, 0.3) is 0 Å². The molecule has 0 bridgehead atoms. The van der Waals surface area contributed by atoms with Crippen molar-refractivity contribution in [1.82, 2.24) is 0 Å². The van der Waals surface area contributed by atoms with Gasteiger partial charge in [0.15, 0.2) is 6.10 Å². The van der Waals surface area contributed by atoms with Gasteiger partial charge in [-0.1, -0.05) is 323 Å². The molecule has 472 valence electrons. The second-order valence-corrected chi connectivity index (χ2v) is 23.4. The first kappa shape index (κ1) is 78.3. The highest BCUT2D eigenvalue weighted by molar-refractivity contribution is 5.71. The highest BCUT2D eigenvalue weighted by Crippen LogP contribution is 2.17. The Morgan fingerprint density at radius 3 is 0.744 bits per heavy atom. The first-order valence-electron chi connectivity index (χ1n) is 35.2. The standard InChI is InChI=1S/C76H132O6/c1-4-7-10-13-16-19-22-25-28-31-34-36-37-38-39-41-42-45-48-51-54-57-60-63-66-69-75(78)81-72-73(71-80-74(77)68-65-62-59-56-53-50-47-44-33-30-27-24-21-18-15-12-9-6-3)82-76(79)70-67-64-61-58-55-52-49-46-43-40-35-32-29-26-23-20-17-14-11-8-5-2/h7,10,16,19,23,25-26,28,32,34-36,38-39,42,45,73H,4-6,8-9,11-15,17-18,20-22,24,27,29-31,33,37,40-41,43-44,46-72H2,1-3H3/b10-7-,19-16-,26-23-,28-25-,35-32-,36-34-,39-38-,45-42-. The van der Waals surface area contributed by atoms with Crippen molar-refractivity contribution in [1.29, 1.82) is 0 Å². The molecule has 0 saturated heterocycles. The normalized spacial score (nSPS) is 12.7. The molecule has 6 nitrogen and oxygen atoms in total. The predicted octanol–water partition coefficient (Wildman–Crippen LogP) is 24.4. The third kappa shape index (κ3) is 67.1. The monoisotopic (exact) mass is 1140 g/mol. The summed E-state index contributed by atoms with van der Waals surface area (Å²) < 4.78 is 17.0. The summed E-state index contributed by atoms with van der Waals surface area (Å²) in [5, 5.41) is 0. The van der Waals surface area contributed by atoms with Crippen LogP contribution in [0, 0.1) is 0 Å². The van der Waals surface area contributed by atoms with Crippen LogP contribution in [0.25, 0.3) is 0 Å². The SMILES string of the molecule is CC/C=C\C/C=C\C/C=C\C/C=C\C/C=C\C/C=C\CCCCCCCCC(=O)OCC(COC(=O)CCCCCCCCCCCCCCCCCCCC)OC(=O)CCCCCCCCCCC/C=C\C/C=C\CCCCCCC. The Labute approximate surface area is 508 Å². The van der Waals surface area contributed by atoms with Gasteiger partial charge >= 0.3 is 17.9 Å². The fourth-order valence-corrected chi connectivity index (χ4v) is 10.1. The van der Waals surface area contributed by atoms with Gasteiger partial charge in [-0.05, 0) is 103 Å². The highest BCUT2D eigenvalue weighted by Gasteiger charge is 2.19. The molecule has 0 aromatic rings. The highest BCUT2D eigenvalue weighted by atomic mass is 16.6. The van der Waals surface area contributed by atoms with Gasteiger partial charge in [-0.25, -0.2) is 0 Å². The van der Waals surface area contributed by atoms with Gasteiger partial charge < -0.3 is 14.2 Å². The third-order valence-electron chi connectivity index (χ3n) is 15.3. The number of esters is 3. The van der Waals surface area contributed by atoms with Crippen LogP contribution in [-0.4, -0.2) is 37.2 Å². The van der Waals surface area contributed by atoms with E-state index in [1.165, 1.54) is 193 Å². The van der Waals surface area contributed by atoms with Crippen molar-refractivity contribution in [2.75, 3.05) is 13.2 Å². The van der Waals surface area contributed by atoms with E-state index in [0.29, 0.717) is 19.3 Å². The fourth-order valence-electron chi connectivity index (χ4n) is 10.1. The molecule has 0 fully saturated rings. The minimum absolute atomic E-state index is 0.0809. The Kier molecular flexibility index (Phi) is 66.7. The van der Waals surface area contributed by atoms with Crippen molar-refractivity contribution in [3.8, 4) is 0 Å². The van der Waals surface area contributed by atoms with Gasteiger partial charge in [-0.2, -0.15) is 0 Å². The van der Waals surface area contributed by atoms with Crippen LogP contribution >= 0.6 is 0 Å². The molecule has 1 atom stereocenters. The summed E-state index contributed by atoms with van der Waals surface area (Å²) in [5.74, 6) is -0.882. The smallest absolute Gasteiger partial charge is 0.306 e. The lowest BCUT2D eigenvalue weighted by atomic mass is 10.0. The van der Waals surface area contributed by atoms with E-state index < -0.39 is 6.10 Å². The van der Waals surface area contributed by atoms with Gasteiger partial charge in [0.1, 0.15) is 13.2 Å². The predicted molar refractivity (Wildman–Crippen MR) is 357 cm³/mol. The lowest BCUT2D eigenvalue weighted by molar-refractivity contribution is -0.167. The molecule has 0 N–H and O–H groups in total. The minimum atomic E-state index is -0.788. The van der Waals surface area contributed by atoms with E-state index in [2.05, 4.69) is 118 Å². The number of hydrogen-bond acceptors (Lipinski definition) is 6. The van der Waals surface area contributed by atoms with Crippen molar-refractivity contribution in [3.05, 3.63) is 97.2 Å². The molecule has 1 unspecified atom stereocenters. The molecule has 0 aromatic carbocycles. The summed E-state index contributed by atoms with van der Waals surface area (Å²) in [6.45, 7) is 6.55. The molecular weight excluding hydrogens is 1010 g/mol. The van der Waals surface area contributed by atoms with Crippen LogP contribution in [0.4, 0.5) is 0 Å². The first-order chi connectivity index (χ1) is 40.5. The number of carbonyl (C=O) groups excluding carboxylic acids is 3. The Morgan fingerprint density at radius 2 is 0.476 bits per heavy atom. The molecule has 0 spiro atoms. The summed E-state index contributed by atoms with van der Waals surface area (Å²) in [6.07, 6.45) is 94.2. The number of ether oxygens (including phenoxy) is 3. The molecule has 0 saturated carbocycles. The molecule has 0 aliphatic heterocycles. The van der Waals surface area contributed by atoms with Crippen LogP contribution in [0.3, 0.4) is 0 Å². The molecular formula is C76H132O6. The zero-order chi connectivity index (χ0) is 59.2. The first-order valence-corrected chi connectivity index (χ1v) is 35.2. The number of hydrogen-bond donors (Lipinski definition) is 0. The van der Waals surface area contributed by atoms with E-state index in [1.807, 2.05) is 0 Å². The maximum absolute atomic E-state index is 13.0. The Hall–Kier alpha value is -3.67. The topological polar surface area (TPSA) is 78.9 Å². The molecule has 6 heteroatoms. The third-order valence-corrected chi connectivity index (χ3v) is 15.3. The molecule has 0 amide bonds. The molecule has 0 aliphatic rings. The van der Waals surface area contributed by atoms with Crippen molar-refractivity contribution >= 4 is 17.9 Å². The van der Waals surface area contributed by atoms with Crippen LogP contribution in [0.15, 0.2) is 97.2 Å². The zero-order valence-electron chi connectivity index (χ0n) is 54.2. The molecule has 0 radical (unpaired) electrons. The summed E-state index contributed by atoms with van der Waals surface area (Å²) in [4.78, 5) is 38.5. The van der Waals surface area contributed by atoms with Crippen LogP contribution in [0.1, 0.15) is 348 Å². The van der Waals surface area contributed by atoms with E-state index in [9.17, 15) is 14.4 Å². The van der Waals surface area contributed by atoms with Crippen LogP contribution in [-0.2, 0) is 28.6 Å². The Bertz CT molecular complexity index is 1590. The number of carbonyl (C=O) groups is 3. The average molecular weight is 1140 g/mol. The summed E-state index contributed by atoms with van der Waals surface area (Å²) >= 11 is 0. The Morgan fingerprint density at radius 1 is 0.256 bits per heavy atom. The van der Waals surface area contributed by atoms with Gasteiger partial charge in [0, 0.05) is 19.3 Å². The maximum Gasteiger partial charge on any atom is 0.306 e. The second kappa shape index (κ2) is 69.8. The van der Waals surface area contributed by atoms with E-state index in [0.717, 1.165) is 116 Å². The molecule has 0 aromatic heterocycles. The fraction of sp³-hybridized carbons (Fsp3) is 0.750. The molecule has 0 heterocycles. The summed E-state index contributed by atoms with van der Waals surface area (Å²) in [6, 6.07) is 0. The Balaban J connectivity index is 4.40.